The van der Waals surface area contributed by atoms with Crippen LogP contribution in [0.2, 0.25) is 0 Å². The second kappa shape index (κ2) is 6.84. The molecule has 0 heterocycles. The van der Waals surface area contributed by atoms with Crippen molar-refractivity contribution in [2.75, 3.05) is 6.73 Å². The first kappa shape index (κ1) is 11.8. The van der Waals surface area contributed by atoms with Crippen molar-refractivity contribution in [3.63, 3.8) is 0 Å². The van der Waals surface area contributed by atoms with Crippen molar-refractivity contribution in [3.05, 3.63) is 71.8 Å². The molecule has 0 saturated heterocycles. The van der Waals surface area contributed by atoms with Gasteiger partial charge in [0.1, 0.15) is 0 Å². The maximum atomic E-state index is 5.53. The third-order valence-corrected chi connectivity index (χ3v) is 2.49. The molecule has 0 radical (unpaired) electrons. The fourth-order valence-electron chi connectivity index (χ4n) is 1.61. The van der Waals surface area contributed by atoms with E-state index in [1.54, 1.807) is 0 Å². The minimum absolute atomic E-state index is 0.573. The second-order valence-corrected chi connectivity index (χ2v) is 3.89. The maximum absolute atomic E-state index is 5.53. The molecule has 0 aliphatic rings. The quantitative estimate of drug-likeness (QED) is 0.605. The van der Waals surface area contributed by atoms with Gasteiger partial charge in [-0.15, -0.1) is 0 Å². The first-order chi connectivity index (χ1) is 8.45. The van der Waals surface area contributed by atoms with Crippen molar-refractivity contribution in [1.29, 1.82) is 0 Å². The molecular weight excluding hydrogens is 210 g/mol. The van der Waals surface area contributed by atoms with Crippen LogP contribution in [0.25, 0.3) is 0 Å². The molecule has 0 amide bonds. The third kappa shape index (κ3) is 4.39. The smallest absolute Gasteiger partial charge is 0.0972 e. The lowest BCUT2D eigenvalue weighted by Gasteiger charge is -2.06. The Morgan fingerprint density at radius 2 is 1.35 bits per heavy atom. The maximum Gasteiger partial charge on any atom is 0.0972 e. The van der Waals surface area contributed by atoms with E-state index in [1.165, 1.54) is 11.1 Å². The summed E-state index contributed by atoms with van der Waals surface area (Å²) in [6, 6.07) is 20.5. The highest BCUT2D eigenvalue weighted by molar-refractivity contribution is 5.14. The Bertz CT molecular complexity index is 372. The summed E-state index contributed by atoms with van der Waals surface area (Å²) in [5.41, 5.74) is 2.48. The van der Waals surface area contributed by atoms with E-state index in [0.29, 0.717) is 13.3 Å². The van der Waals surface area contributed by atoms with Crippen molar-refractivity contribution in [3.8, 4) is 0 Å². The van der Waals surface area contributed by atoms with E-state index in [1.807, 2.05) is 36.4 Å². The van der Waals surface area contributed by atoms with E-state index in [2.05, 4.69) is 29.6 Å². The van der Waals surface area contributed by atoms with Gasteiger partial charge in [-0.1, -0.05) is 60.7 Å². The number of benzene rings is 2. The fraction of sp³-hybridized carbons (Fsp3) is 0.200. The van der Waals surface area contributed by atoms with Gasteiger partial charge in [-0.3, -0.25) is 5.32 Å². The third-order valence-electron chi connectivity index (χ3n) is 2.49. The van der Waals surface area contributed by atoms with Crippen LogP contribution in [-0.2, 0) is 17.9 Å². The van der Waals surface area contributed by atoms with Crippen LogP contribution in [-0.4, -0.2) is 6.73 Å². The second-order valence-electron chi connectivity index (χ2n) is 3.89. The van der Waals surface area contributed by atoms with E-state index >= 15 is 0 Å². The molecule has 0 aromatic heterocycles. The van der Waals surface area contributed by atoms with Gasteiger partial charge in [-0.05, 0) is 11.1 Å². The van der Waals surface area contributed by atoms with E-state index in [0.717, 1.165) is 6.54 Å². The van der Waals surface area contributed by atoms with E-state index in [-0.39, 0.29) is 0 Å². The molecule has 0 aliphatic carbocycles. The van der Waals surface area contributed by atoms with Crippen molar-refractivity contribution in [1.82, 2.24) is 5.32 Å². The zero-order chi connectivity index (χ0) is 11.8. The van der Waals surface area contributed by atoms with Gasteiger partial charge in [0.05, 0.1) is 13.3 Å². The largest absolute Gasteiger partial charge is 0.362 e. The van der Waals surface area contributed by atoms with Crippen molar-refractivity contribution in [2.24, 2.45) is 0 Å². The van der Waals surface area contributed by atoms with Gasteiger partial charge in [0, 0.05) is 6.54 Å². The molecule has 2 rings (SSSR count). The number of nitrogens with one attached hydrogen (secondary N) is 1. The molecule has 0 atom stereocenters. The lowest BCUT2D eigenvalue weighted by molar-refractivity contribution is 0.102. The van der Waals surface area contributed by atoms with Crippen LogP contribution in [0, 0.1) is 0 Å². The average Bonchev–Trinajstić information content (AvgIpc) is 2.41. The summed E-state index contributed by atoms with van der Waals surface area (Å²) in [6.07, 6.45) is 0. The van der Waals surface area contributed by atoms with Gasteiger partial charge in [0.15, 0.2) is 0 Å². The normalized spacial score (nSPS) is 10.4. The fourth-order valence-corrected chi connectivity index (χ4v) is 1.61. The summed E-state index contributed by atoms with van der Waals surface area (Å²) in [5, 5.41) is 3.25. The monoisotopic (exact) mass is 227 g/mol. The molecule has 0 bridgehead atoms. The average molecular weight is 227 g/mol. The molecule has 2 nitrogen and oxygen atoms in total. The molecule has 17 heavy (non-hydrogen) atoms. The van der Waals surface area contributed by atoms with E-state index in [4.69, 9.17) is 4.74 Å². The van der Waals surface area contributed by atoms with Crippen LogP contribution in [0.5, 0.6) is 0 Å². The van der Waals surface area contributed by atoms with Gasteiger partial charge >= 0.3 is 0 Å². The van der Waals surface area contributed by atoms with E-state index < -0.39 is 0 Å². The first-order valence-electron chi connectivity index (χ1n) is 5.81. The molecule has 1 N–H and O–H groups in total. The molecule has 0 fully saturated rings. The van der Waals surface area contributed by atoms with Gasteiger partial charge in [-0.2, -0.15) is 0 Å². The summed E-state index contributed by atoms with van der Waals surface area (Å²) in [7, 11) is 0. The SMILES string of the molecule is c1ccc(CNCOCc2ccccc2)cc1. The molecule has 0 unspecified atom stereocenters. The Morgan fingerprint density at radius 3 is 2.00 bits per heavy atom. The molecule has 2 heteroatoms. The summed E-state index contributed by atoms with van der Waals surface area (Å²) in [5.74, 6) is 0. The van der Waals surface area contributed by atoms with Crippen LogP contribution in [0.3, 0.4) is 0 Å². The van der Waals surface area contributed by atoms with Gasteiger partial charge in [0.25, 0.3) is 0 Å². The summed E-state index contributed by atoms with van der Waals surface area (Å²) < 4.78 is 5.53. The number of hydrogen-bond donors (Lipinski definition) is 1. The van der Waals surface area contributed by atoms with Crippen LogP contribution in [0.1, 0.15) is 11.1 Å². The van der Waals surface area contributed by atoms with Gasteiger partial charge in [0.2, 0.25) is 0 Å². The van der Waals surface area contributed by atoms with Crippen LogP contribution < -0.4 is 5.32 Å². The highest BCUT2D eigenvalue weighted by Crippen LogP contribution is 2.00. The molecule has 2 aromatic rings. The van der Waals surface area contributed by atoms with Crippen LogP contribution >= 0.6 is 0 Å². The summed E-state index contributed by atoms with van der Waals surface area (Å²) >= 11 is 0. The molecule has 2 aromatic carbocycles. The molecular formula is C15H17NO. The van der Waals surface area contributed by atoms with Crippen molar-refractivity contribution < 1.29 is 4.74 Å². The zero-order valence-electron chi connectivity index (χ0n) is 9.80. The number of rotatable bonds is 6. The minimum Gasteiger partial charge on any atom is -0.362 e. The Balaban J connectivity index is 1.61. The molecule has 88 valence electrons. The highest BCUT2D eigenvalue weighted by Gasteiger charge is 1.92. The Kier molecular flexibility index (Phi) is 4.76. The first-order valence-corrected chi connectivity index (χ1v) is 5.81. The summed E-state index contributed by atoms with van der Waals surface area (Å²) in [4.78, 5) is 0. The van der Waals surface area contributed by atoms with Crippen LogP contribution in [0.4, 0.5) is 0 Å². The molecule has 0 saturated carbocycles. The number of ether oxygens (including phenoxy) is 1. The Morgan fingerprint density at radius 1 is 0.765 bits per heavy atom. The standard InChI is InChI=1S/C15H17NO/c1-3-7-14(8-4-1)11-16-13-17-12-15-9-5-2-6-10-15/h1-10,16H,11-13H2. The Hall–Kier alpha value is -1.64. The van der Waals surface area contributed by atoms with Gasteiger partial charge in [-0.25, -0.2) is 0 Å². The van der Waals surface area contributed by atoms with E-state index in [9.17, 15) is 0 Å². The molecule has 0 spiro atoms. The predicted molar refractivity (Wildman–Crippen MR) is 69.4 cm³/mol. The molecule has 0 aliphatic heterocycles. The van der Waals surface area contributed by atoms with Crippen LogP contribution in [0.15, 0.2) is 60.7 Å². The van der Waals surface area contributed by atoms with Crippen molar-refractivity contribution in [2.45, 2.75) is 13.2 Å². The lowest BCUT2D eigenvalue weighted by Crippen LogP contribution is -2.17. The highest BCUT2D eigenvalue weighted by atomic mass is 16.5. The predicted octanol–water partition coefficient (Wildman–Crippen LogP) is 2.95. The Labute approximate surface area is 102 Å². The zero-order valence-corrected chi connectivity index (χ0v) is 9.80. The summed E-state index contributed by atoms with van der Waals surface area (Å²) in [6.45, 7) is 2.07. The van der Waals surface area contributed by atoms with Crippen molar-refractivity contribution >= 4 is 0 Å². The topological polar surface area (TPSA) is 21.3 Å². The van der Waals surface area contributed by atoms with Gasteiger partial charge < -0.3 is 4.74 Å². The number of hydrogen-bond acceptors (Lipinski definition) is 2. The minimum atomic E-state index is 0.573. The lowest BCUT2D eigenvalue weighted by atomic mass is 10.2.